The third-order valence-electron chi connectivity index (χ3n) is 6.52. The number of morpholine rings is 1. The Balaban J connectivity index is 1.44. The number of alkyl halides is 3. The highest BCUT2D eigenvalue weighted by Crippen LogP contribution is 2.30. The monoisotopic (exact) mass is 530 g/mol. The Kier molecular flexibility index (Phi) is 9.19. The van der Waals surface area contributed by atoms with Crippen molar-refractivity contribution < 1.29 is 27.1 Å². The van der Waals surface area contributed by atoms with E-state index in [0.29, 0.717) is 37.8 Å². The zero-order valence-corrected chi connectivity index (χ0v) is 21.7. The summed E-state index contributed by atoms with van der Waals surface area (Å²) in [6.45, 7) is 9.23. The molecule has 1 aliphatic heterocycles. The summed E-state index contributed by atoms with van der Waals surface area (Å²) in [5, 5.41) is 2.86. The number of aromatic nitrogens is 1. The van der Waals surface area contributed by atoms with Gasteiger partial charge in [0, 0.05) is 39.3 Å². The molecule has 4 rings (SSSR count). The van der Waals surface area contributed by atoms with Crippen LogP contribution in [0.3, 0.4) is 0 Å². The second-order valence-corrected chi connectivity index (χ2v) is 9.61. The van der Waals surface area contributed by atoms with Crippen LogP contribution in [0.4, 0.5) is 13.2 Å². The molecule has 2 aromatic carbocycles. The largest absolute Gasteiger partial charge is 0.447 e. The molecule has 0 aliphatic carbocycles. The summed E-state index contributed by atoms with van der Waals surface area (Å²) >= 11 is 0. The topological polar surface area (TPSA) is 70.8 Å². The van der Waals surface area contributed by atoms with Gasteiger partial charge in [-0.3, -0.25) is 14.6 Å². The molecular formula is C28H33F3N4O3. The van der Waals surface area contributed by atoms with E-state index < -0.39 is 11.7 Å². The highest BCUT2D eigenvalue weighted by Gasteiger charge is 2.30. The number of amides is 1. The Morgan fingerprint density at radius 3 is 2.63 bits per heavy atom. The van der Waals surface area contributed by atoms with Gasteiger partial charge in [-0.15, -0.1) is 0 Å². The summed E-state index contributed by atoms with van der Waals surface area (Å²) in [6, 6.07) is 11.4. The Bertz CT molecular complexity index is 1220. The Hall–Kier alpha value is -3.21. The molecule has 7 nitrogen and oxygen atoms in total. The first-order valence-corrected chi connectivity index (χ1v) is 12.6. The van der Waals surface area contributed by atoms with E-state index in [2.05, 4.69) is 21.3 Å². The maximum atomic E-state index is 13.3. The van der Waals surface area contributed by atoms with E-state index in [1.54, 1.807) is 6.07 Å². The van der Waals surface area contributed by atoms with E-state index in [9.17, 15) is 18.0 Å². The average Bonchev–Trinajstić information content (AvgIpc) is 3.35. The Morgan fingerprint density at radius 1 is 1.08 bits per heavy atom. The lowest BCUT2D eigenvalue weighted by molar-refractivity contribution is -0.137. The molecule has 0 spiro atoms. The first-order valence-electron chi connectivity index (χ1n) is 12.6. The van der Waals surface area contributed by atoms with Crippen molar-refractivity contribution in [2.45, 2.75) is 39.7 Å². The molecule has 1 amide bonds. The van der Waals surface area contributed by atoms with Gasteiger partial charge in [0.25, 0.3) is 5.91 Å². The van der Waals surface area contributed by atoms with Crippen LogP contribution in [0, 0.1) is 13.8 Å². The van der Waals surface area contributed by atoms with Gasteiger partial charge in [-0.2, -0.15) is 13.2 Å². The number of hydrogen-bond donors (Lipinski definition) is 1. The van der Waals surface area contributed by atoms with Crippen LogP contribution >= 0.6 is 0 Å². The molecule has 0 bridgehead atoms. The second-order valence-electron chi connectivity index (χ2n) is 9.61. The van der Waals surface area contributed by atoms with Crippen molar-refractivity contribution in [1.82, 2.24) is 20.1 Å². The van der Waals surface area contributed by atoms with Gasteiger partial charge in [0.1, 0.15) is 6.26 Å². The number of carbonyl (C=O) groups is 1. The van der Waals surface area contributed by atoms with Gasteiger partial charge in [0.15, 0.2) is 5.69 Å². The highest BCUT2D eigenvalue weighted by molar-refractivity contribution is 5.91. The van der Waals surface area contributed by atoms with Crippen LogP contribution in [0.2, 0.25) is 0 Å². The van der Waals surface area contributed by atoms with Crippen LogP contribution in [0.15, 0.2) is 53.1 Å². The van der Waals surface area contributed by atoms with Crippen molar-refractivity contribution in [2.75, 3.05) is 39.4 Å². The standard InChI is InChI=1S/C28H33F3N4O3/c1-20-6-7-21(2)23(14-20)17-35(16-22-4-3-5-24(15-22)28(29,30)31)18-26-33-25(19-38-26)27(36)32-8-9-34-10-12-37-13-11-34/h3-7,14-15,19H,8-13,16-18H2,1-2H3,(H,32,36). The lowest BCUT2D eigenvalue weighted by Crippen LogP contribution is -2.41. The molecule has 1 aliphatic rings. The lowest BCUT2D eigenvalue weighted by atomic mass is 10.0. The smallest absolute Gasteiger partial charge is 0.416 e. The predicted molar refractivity (Wildman–Crippen MR) is 136 cm³/mol. The van der Waals surface area contributed by atoms with Crippen molar-refractivity contribution in [1.29, 1.82) is 0 Å². The maximum Gasteiger partial charge on any atom is 0.416 e. The molecule has 3 aromatic rings. The van der Waals surface area contributed by atoms with Crippen LogP contribution in [0.5, 0.6) is 0 Å². The number of ether oxygens (including phenoxy) is 1. The van der Waals surface area contributed by atoms with E-state index in [1.165, 1.54) is 18.4 Å². The SMILES string of the molecule is Cc1ccc(C)c(CN(Cc2cccc(C(F)(F)F)c2)Cc2nc(C(=O)NCCN3CCOCC3)co2)c1. The van der Waals surface area contributed by atoms with Crippen LogP contribution in [-0.4, -0.2) is 60.1 Å². The van der Waals surface area contributed by atoms with Crippen LogP contribution < -0.4 is 5.32 Å². The fourth-order valence-electron chi connectivity index (χ4n) is 4.41. The van der Waals surface area contributed by atoms with Crippen LogP contribution in [0.25, 0.3) is 0 Å². The summed E-state index contributed by atoms with van der Waals surface area (Å²) in [7, 11) is 0. The van der Waals surface area contributed by atoms with E-state index >= 15 is 0 Å². The number of benzene rings is 2. The van der Waals surface area contributed by atoms with Crippen molar-refractivity contribution in [3.8, 4) is 0 Å². The van der Waals surface area contributed by atoms with E-state index in [-0.39, 0.29) is 24.7 Å². The second kappa shape index (κ2) is 12.6. The summed E-state index contributed by atoms with van der Waals surface area (Å²) in [5.74, 6) is -0.00664. The zero-order chi connectivity index (χ0) is 27.1. The fraction of sp³-hybridized carbons (Fsp3) is 0.429. The molecule has 2 heterocycles. The summed E-state index contributed by atoms with van der Waals surface area (Å²) in [6.07, 6.45) is -3.10. The Labute approximate surface area is 220 Å². The summed E-state index contributed by atoms with van der Waals surface area (Å²) in [4.78, 5) is 21.1. The first-order chi connectivity index (χ1) is 18.2. The molecule has 1 N–H and O–H groups in total. The maximum absolute atomic E-state index is 13.3. The van der Waals surface area contributed by atoms with Gasteiger partial charge >= 0.3 is 6.18 Å². The number of halogens is 3. The molecule has 1 aromatic heterocycles. The van der Waals surface area contributed by atoms with Gasteiger partial charge < -0.3 is 14.5 Å². The molecule has 0 radical (unpaired) electrons. The van der Waals surface area contributed by atoms with E-state index in [0.717, 1.165) is 42.4 Å². The van der Waals surface area contributed by atoms with E-state index in [1.807, 2.05) is 30.9 Å². The molecule has 38 heavy (non-hydrogen) atoms. The van der Waals surface area contributed by atoms with Gasteiger partial charge in [-0.25, -0.2) is 4.98 Å². The Morgan fingerprint density at radius 2 is 1.87 bits per heavy atom. The zero-order valence-electron chi connectivity index (χ0n) is 21.7. The molecule has 0 saturated carbocycles. The van der Waals surface area contributed by atoms with Gasteiger partial charge in [-0.1, -0.05) is 42.0 Å². The number of oxazole rings is 1. The molecule has 0 atom stereocenters. The first kappa shape index (κ1) is 27.8. The van der Waals surface area contributed by atoms with Crippen LogP contribution in [-0.2, 0) is 30.5 Å². The minimum atomic E-state index is -4.42. The fourth-order valence-corrected chi connectivity index (χ4v) is 4.41. The van der Waals surface area contributed by atoms with Crippen LogP contribution in [0.1, 0.15) is 44.2 Å². The summed E-state index contributed by atoms with van der Waals surface area (Å²) in [5.41, 5.74) is 3.25. The number of carbonyl (C=O) groups excluding carboxylic acids is 1. The van der Waals surface area contributed by atoms with Gasteiger partial charge in [0.05, 0.1) is 25.3 Å². The third kappa shape index (κ3) is 7.89. The number of nitrogens with one attached hydrogen (secondary N) is 1. The molecule has 1 fully saturated rings. The lowest BCUT2D eigenvalue weighted by Gasteiger charge is -2.26. The number of rotatable bonds is 10. The molecule has 10 heteroatoms. The minimum absolute atomic E-state index is 0.174. The molecule has 1 saturated heterocycles. The predicted octanol–water partition coefficient (Wildman–Crippen LogP) is 4.57. The highest BCUT2D eigenvalue weighted by atomic mass is 19.4. The van der Waals surface area contributed by atoms with Crippen molar-refractivity contribution in [3.05, 3.63) is 88.1 Å². The van der Waals surface area contributed by atoms with Crippen molar-refractivity contribution in [3.63, 3.8) is 0 Å². The molecule has 0 unspecified atom stereocenters. The van der Waals surface area contributed by atoms with Gasteiger partial charge in [0.2, 0.25) is 5.89 Å². The minimum Gasteiger partial charge on any atom is -0.447 e. The molecular weight excluding hydrogens is 497 g/mol. The van der Waals surface area contributed by atoms with Crippen molar-refractivity contribution in [2.24, 2.45) is 0 Å². The molecule has 204 valence electrons. The number of aryl methyl sites for hydroxylation is 2. The quantitative estimate of drug-likeness (QED) is 0.414. The van der Waals surface area contributed by atoms with Crippen molar-refractivity contribution >= 4 is 5.91 Å². The number of hydrogen-bond acceptors (Lipinski definition) is 6. The van der Waals surface area contributed by atoms with E-state index in [4.69, 9.17) is 9.15 Å². The normalized spacial score (nSPS) is 14.7. The number of nitrogens with zero attached hydrogens (tertiary/aromatic N) is 3. The average molecular weight is 531 g/mol. The summed E-state index contributed by atoms with van der Waals surface area (Å²) < 4.78 is 50.8. The third-order valence-corrected chi connectivity index (χ3v) is 6.52. The van der Waals surface area contributed by atoms with Gasteiger partial charge in [-0.05, 0) is 36.6 Å².